The van der Waals surface area contributed by atoms with Gasteiger partial charge in [0, 0.05) is 30.6 Å². The van der Waals surface area contributed by atoms with Crippen molar-refractivity contribution in [3.05, 3.63) is 56.3 Å². The van der Waals surface area contributed by atoms with E-state index < -0.39 is 4.92 Å². The number of anilines is 1. The monoisotopic (exact) mass is 305 g/mol. The van der Waals surface area contributed by atoms with Gasteiger partial charge in [0.05, 0.1) is 11.5 Å². The van der Waals surface area contributed by atoms with Gasteiger partial charge in [0.2, 0.25) is 0 Å². The SMILES string of the molecule is CN(C)c1ccc(C(=O)NCc2cccs2)cc1[N+](=O)[O-]. The highest BCUT2D eigenvalue weighted by Gasteiger charge is 2.18. The summed E-state index contributed by atoms with van der Waals surface area (Å²) in [5.41, 5.74) is 0.669. The number of thiophene rings is 1. The summed E-state index contributed by atoms with van der Waals surface area (Å²) in [6, 6.07) is 8.30. The molecule has 0 saturated carbocycles. The predicted octanol–water partition coefficient (Wildman–Crippen LogP) is 2.65. The summed E-state index contributed by atoms with van der Waals surface area (Å²) in [5.74, 6) is -0.322. The second kappa shape index (κ2) is 6.36. The smallest absolute Gasteiger partial charge is 0.293 e. The summed E-state index contributed by atoms with van der Waals surface area (Å²) in [5, 5.41) is 15.8. The highest BCUT2D eigenvalue weighted by molar-refractivity contribution is 7.09. The largest absolute Gasteiger partial charge is 0.372 e. The minimum Gasteiger partial charge on any atom is -0.372 e. The summed E-state index contributed by atoms with van der Waals surface area (Å²) >= 11 is 1.54. The van der Waals surface area contributed by atoms with Crippen LogP contribution in [0.3, 0.4) is 0 Å². The van der Waals surface area contributed by atoms with Gasteiger partial charge in [0.1, 0.15) is 5.69 Å². The van der Waals surface area contributed by atoms with Crippen LogP contribution in [0.5, 0.6) is 0 Å². The second-order valence-electron chi connectivity index (χ2n) is 4.62. The molecule has 0 aliphatic carbocycles. The minimum absolute atomic E-state index is 0.0798. The van der Waals surface area contributed by atoms with Crippen molar-refractivity contribution in [1.29, 1.82) is 0 Å². The number of hydrogen-bond acceptors (Lipinski definition) is 5. The van der Waals surface area contributed by atoms with Crippen LogP contribution in [-0.2, 0) is 6.54 Å². The van der Waals surface area contributed by atoms with Crippen LogP contribution in [-0.4, -0.2) is 24.9 Å². The van der Waals surface area contributed by atoms with E-state index in [1.165, 1.54) is 6.07 Å². The molecule has 0 bridgehead atoms. The third kappa shape index (κ3) is 3.57. The van der Waals surface area contributed by atoms with Crippen molar-refractivity contribution in [2.24, 2.45) is 0 Å². The third-order valence-corrected chi connectivity index (χ3v) is 3.80. The van der Waals surface area contributed by atoms with E-state index in [2.05, 4.69) is 5.32 Å². The van der Waals surface area contributed by atoms with E-state index >= 15 is 0 Å². The Balaban J connectivity index is 2.17. The molecule has 2 aromatic rings. The van der Waals surface area contributed by atoms with Gasteiger partial charge in [-0.3, -0.25) is 14.9 Å². The van der Waals surface area contributed by atoms with Gasteiger partial charge < -0.3 is 10.2 Å². The number of nitro benzene ring substituents is 1. The van der Waals surface area contributed by atoms with Gasteiger partial charge in [-0.05, 0) is 23.6 Å². The van der Waals surface area contributed by atoms with E-state index in [1.807, 2.05) is 17.5 Å². The van der Waals surface area contributed by atoms with Crippen molar-refractivity contribution in [3.63, 3.8) is 0 Å². The molecule has 0 radical (unpaired) electrons. The lowest BCUT2D eigenvalue weighted by Gasteiger charge is -2.13. The molecule has 0 aliphatic heterocycles. The molecule has 0 fully saturated rings. The number of nitrogens with zero attached hydrogens (tertiary/aromatic N) is 2. The van der Waals surface area contributed by atoms with E-state index in [0.717, 1.165) is 4.88 Å². The molecule has 0 unspecified atom stereocenters. The van der Waals surface area contributed by atoms with Crippen LogP contribution in [0.1, 0.15) is 15.2 Å². The van der Waals surface area contributed by atoms with Crippen LogP contribution < -0.4 is 10.2 Å². The van der Waals surface area contributed by atoms with Crippen molar-refractivity contribution < 1.29 is 9.72 Å². The number of rotatable bonds is 5. The van der Waals surface area contributed by atoms with E-state index in [1.54, 1.807) is 42.5 Å². The Kier molecular flexibility index (Phi) is 4.54. The molecule has 1 aromatic heterocycles. The Morgan fingerprint density at radius 2 is 2.14 bits per heavy atom. The fourth-order valence-corrected chi connectivity index (χ4v) is 2.52. The Hall–Kier alpha value is -2.41. The van der Waals surface area contributed by atoms with Crippen LogP contribution in [0.4, 0.5) is 11.4 Å². The molecule has 1 heterocycles. The molecule has 21 heavy (non-hydrogen) atoms. The first-order chi connectivity index (χ1) is 9.99. The highest BCUT2D eigenvalue weighted by atomic mass is 32.1. The van der Waals surface area contributed by atoms with Crippen LogP contribution in [0.25, 0.3) is 0 Å². The maximum atomic E-state index is 12.1. The lowest BCUT2D eigenvalue weighted by Crippen LogP contribution is -2.22. The van der Waals surface area contributed by atoms with Gasteiger partial charge in [-0.15, -0.1) is 11.3 Å². The Bertz CT molecular complexity index is 653. The summed E-state index contributed by atoms with van der Waals surface area (Å²) in [6.07, 6.45) is 0. The third-order valence-electron chi connectivity index (χ3n) is 2.92. The normalized spacial score (nSPS) is 10.2. The van der Waals surface area contributed by atoms with E-state index in [-0.39, 0.29) is 17.2 Å². The summed E-state index contributed by atoms with van der Waals surface area (Å²) in [6.45, 7) is 0.416. The van der Waals surface area contributed by atoms with Gasteiger partial charge in [0.25, 0.3) is 11.6 Å². The van der Waals surface area contributed by atoms with Crippen molar-refractivity contribution in [1.82, 2.24) is 5.32 Å². The quantitative estimate of drug-likeness (QED) is 0.680. The molecular weight excluding hydrogens is 290 g/mol. The maximum Gasteiger partial charge on any atom is 0.293 e. The molecule has 7 heteroatoms. The number of hydrogen-bond donors (Lipinski definition) is 1. The summed E-state index contributed by atoms with van der Waals surface area (Å²) in [7, 11) is 3.44. The molecule has 1 N–H and O–H groups in total. The van der Waals surface area contributed by atoms with Crippen LogP contribution >= 0.6 is 11.3 Å². The number of carbonyl (C=O) groups is 1. The topological polar surface area (TPSA) is 75.5 Å². The molecule has 0 saturated heterocycles. The van der Waals surface area contributed by atoms with Gasteiger partial charge in [-0.25, -0.2) is 0 Å². The first-order valence-electron chi connectivity index (χ1n) is 6.25. The zero-order valence-corrected chi connectivity index (χ0v) is 12.5. The fourth-order valence-electron chi connectivity index (χ4n) is 1.87. The molecule has 0 spiro atoms. The van der Waals surface area contributed by atoms with E-state index in [4.69, 9.17) is 0 Å². The molecule has 6 nitrogen and oxygen atoms in total. The van der Waals surface area contributed by atoms with Crippen molar-refractivity contribution in [2.45, 2.75) is 6.54 Å². The molecular formula is C14H15N3O3S. The number of benzene rings is 1. The average molecular weight is 305 g/mol. The van der Waals surface area contributed by atoms with Crippen molar-refractivity contribution >= 4 is 28.6 Å². The highest BCUT2D eigenvalue weighted by Crippen LogP contribution is 2.27. The molecule has 2 rings (SSSR count). The van der Waals surface area contributed by atoms with E-state index in [0.29, 0.717) is 12.2 Å². The second-order valence-corrected chi connectivity index (χ2v) is 5.65. The lowest BCUT2D eigenvalue weighted by atomic mass is 10.1. The molecule has 1 aromatic carbocycles. The first kappa shape index (κ1) is 15.0. The van der Waals surface area contributed by atoms with Gasteiger partial charge in [0.15, 0.2) is 0 Å². The lowest BCUT2D eigenvalue weighted by molar-refractivity contribution is -0.384. The Morgan fingerprint density at radius 3 is 2.71 bits per heavy atom. The standard InChI is InChI=1S/C14H15N3O3S/c1-16(2)12-6-5-10(8-13(12)17(19)20)14(18)15-9-11-4-3-7-21-11/h3-8H,9H2,1-2H3,(H,15,18). The molecule has 0 atom stereocenters. The number of carbonyl (C=O) groups excluding carboxylic acids is 1. The van der Waals surface area contributed by atoms with Gasteiger partial charge in [-0.2, -0.15) is 0 Å². The van der Waals surface area contributed by atoms with Crippen molar-refractivity contribution in [3.8, 4) is 0 Å². The summed E-state index contributed by atoms with van der Waals surface area (Å²) in [4.78, 5) is 25.3. The summed E-state index contributed by atoms with van der Waals surface area (Å²) < 4.78 is 0. The van der Waals surface area contributed by atoms with Crippen molar-refractivity contribution in [2.75, 3.05) is 19.0 Å². The van der Waals surface area contributed by atoms with Crippen LogP contribution in [0.15, 0.2) is 35.7 Å². The van der Waals surface area contributed by atoms with Crippen LogP contribution in [0.2, 0.25) is 0 Å². The van der Waals surface area contributed by atoms with Crippen LogP contribution in [0, 0.1) is 10.1 Å². The average Bonchev–Trinajstić information content (AvgIpc) is 2.97. The number of nitrogens with one attached hydrogen (secondary N) is 1. The zero-order valence-electron chi connectivity index (χ0n) is 11.7. The number of amides is 1. The van der Waals surface area contributed by atoms with Gasteiger partial charge in [-0.1, -0.05) is 6.07 Å². The number of nitro groups is 1. The maximum absolute atomic E-state index is 12.1. The molecule has 0 aliphatic rings. The minimum atomic E-state index is -0.481. The van der Waals surface area contributed by atoms with E-state index in [9.17, 15) is 14.9 Å². The molecule has 110 valence electrons. The fraction of sp³-hybridized carbons (Fsp3) is 0.214. The predicted molar refractivity (Wildman–Crippen MR) is 82.9 cm³/mol. The Labute approximate surface area is 126 Å². The first-order valence-corrected chi connectivity index (χ1v) is 7.13. The van der Waals surface area contributed by atoms with Gasteiger partial charge >= 0.3 is 0 Å². The molecule has 1 amide bonds. The zero-order chi connectivity index (χ0) is 15.4. The Morgan fingerprint density at radius 1 is 1.38 bits per heavy atom.